The molecule has 4 unspecified atom stereocenters. The average molecular weight is 263 g/mol. The van der Waals surface area contributed by atoms with Gasteiger partial charge in [0.25, 0.3) is 5.91 Å². The molecule has 102 valence electrons. The molecule has 5 nitrogen and oxygen atoms in total. The molecule has 5 heteroatoms. The Morgan fingerprint density at radius 3 is 2.58 bits per heavy atom. The van der Waals surface area contributed by atoms with Crippen LogP contribution >= 0.6 is 0 Å². The van der Waals surface area contributed by atoms with Gasteiger partial charge in [-0.1, -0.05) is 18.2 Å². The number of fused-ring (bicyclic) bond motifs is 1. The van der Waals surface area contributed by atoms with Gasteiger partial charge >= 0.3 is 0 Å². The van der Waals surface area contributed by atoms with Crippen molar-refractivity contribution in [3.05, 3.63) is 35.4 Å². The highest BCUT2D eigenvalue weighted by Crippen LogP contribution is 2.37. The number of nitrogens with zero attached hydrogens (tertiary/aromatic N) is 1. The molecule has 0 radical (unpaired) electrons. The summed E-state index contributed by atoms with van der Waals surface area (Å²) < 4.78 is 0. The minimum atomic E-state index is -1.03. The van der Waals surface area contributed by atoms with Gasteiger partial charge in [0, 0.05) is 11.1 Å². The molecule has 1 fully saturated rings. The van der Waals surface area contributed by atoms with E-state index >= 15 is 0 Å². The van der Waals surface area contributed by atoms with Gasteiger partial charge in [0.2, 0.25) is 0 Å². The fourth-order valence-corrected chi connectivity index (χ4v) is 3.09. The van der Waals surface area contributed by atoms with Gasteiger partial charge < -0.3 is 20.2 Å². The van der Waals surface area contributed by atoms with Crippen molar-refractivity contribution in [1.82, 2.24) is 4.90 Å². The first-order valence-electron chi connectivity index (χ1n) is 6.57. The lowest BCUT2D eigenvalue weighted by Crippen LogP contribution is -2.52. The Labute approximate surface area is 111 Å². The van der Waals surface area contributed by atoms with E-state index in [0.717, 1.165) is 6.42 Å². The first-order valence-corrected chi connectivity index (χ1v) is 6.57. The van der Waals surface area contributed by atoms with Gasteiger partial charge in [-0.3, -0.25) is 4.79 Å². The van der Waals surface area contributed by atoms with Crippen molar-refractivity contribution in [2.24, 2.45) is 0 Å². The molecule has 1 heterocycles. The summed E-state index contributed by atoms with van der Waals surface area (Å²) in [6, 6.07) is 6.37. The maximum atomic E-state index is 12.3. The van der Waals surface area contributed by atoms with E-state index in [1.807, 2.05) is 0 Å². The lowest BCUT2D eigenvalue weighted by atomic mass is 9.89. The molecule has 3 rings (SSSR count). The minimum Gasteiger partial charge on any atom is -0.390 e. The highest BCUT2D eigenvalue weighted by atomic mass is 16.3. The molecule has 0 saturated heterocycles. The van der Waals surface area contributed by atoms with E-state index in [4.69, 9.17) is 0 Å². The molecule has 2 aliphatic rings. The molecule has 1 aromatic carbocycles. The van der Waals surface area contributed by atoms with Crippen LogP contribution in [-0.4, -0.2) is 44.4 Å². The predicted octanol–water partition coefficient (Wildman–Crippen LogP) is 0.408. The first-order chi connectivity index (χ1) is 9.11. The lowest BCUT2D eigenvalue weighted by Gasteiger charge is -2.39. The number of hydrogen-bond acceptors (Lipinski definition) is 4. The third-order valence-electron chi connectivity index (χ3n) is 4.11. The smallest absolute Gasteiger partial charge is 0.256 e. The van der Waals surface area contributed by atoms with E-state index in [1.54, 1.807) is 24.3 Å². The molecule has 1 aliphatic heterocycles. The zero-order chi connectivity index (χ0) is 13.6. The summed E-state index contributed by atoms with van der Waals surface area (Å²) in [5.41, 5.74) is 1.04. The van der Waals surface area contributed by atoms with E-state index in [0.29, 0.717) is 24.0 Å². The van der Waals surface area contributed by atoms with Crippen LogP contribution < -0.4 is 0 Å². The summed E-state index contributed by atoms with van der Waals surface area (Å²) in [5, 5.41) is 30.1. The van der Waals surface area contributed by atoms with Gasteiger partial charge in [-0.15, -0.1) is 0 Å². The largest absolute Gasteiger partial charge is 0.390 e. The normalized spacial score (nSPS) is 34.5. The number of benzene rings is 1. The number of aliphatic hydroxyl groups is 3. The summed E-state index contributed by atoms with van der Waals surface area (Å²) in [4.78, 5) is 13.6. The van der Waals surface area contributed by atoms with Gasteiger partial charge in [-0.2, -0.15) is 0 Å². The molecule has 0 spiro atoms. The lowest BCUT2D eigenvalue weighted by molar-refractivity contribution is -0.0917. The van der Waals surface area contributed by atoms with Crippen molar-refractivity contribution in [1.29, 1.82) is 0 Å². The molecule has 4 atom stereocenters. The Morgan fingerprint density at radius 1 is 1.11 bits per heavy atom. The Balaban J connectivity index is 1.93. The van der Waals surface area contributed by atoms with Crippen LogP contribution in [0.5, 0.6) is 0 Å². The van der Waals surface area contributed by atoms with Crippen molar-refractivity contribution in [3.63, 3.8) is 0 Å². The Hall–Kier alpha value is -1.43. The van der Waals surface area contributed by atoms with Crippen LogP contribution in [0.2, 0.25) is 0 Å². The number of hydrogen-bond donors (Lipinski definition) is 3. The van der Waals surface area contributed by atoms with Crippen molar-refractivity contribution < 1.29 is 20.1 Å². The maximum absolute atomic E-state index is 12.3. The Bertz CT molecular complexity index is 504. The van der Waals surface area contributed by atoms with Crippen LogP contribution in [0, 0.1) is 0 Å². The third-order valence-corrected chi connectivity index (χ3v) is 4.11. The number of carbonyl (C=O) groups excluding carboxylic acids is 1. The second-order valence-electron chi connectivity index (χ2n) is 5.23. The molecule has 19 heavy (non-hydrogen) atoms. The van der Waals surface area contributed by atoms with Crippen LogP contribution in [0.3, 0.4) is 0 Å². The molecule has 1 saturated carbocycles. The van der Waals surface area contributed by atoms with Crippen LogP contribution in [0.1, 0.15) is 41.4 Å². The van der Waals surface area contributed by atoms with Crippen LogP contribution in [0.4, 0.5) is 0 Å². The first kappa shape index (κ1) is 12.6. The number of carbonyl (C=O) groups is 1. The molecular formula is C14H17NO4. The van der Waals surface area contributed by atoms with Gasteiger partial charge in [0.1, 0.15) is 6.10 Å². The zero-order valence-corrected chi connectivity index (χ0v) is 10.4. The number of rotatable bonds is 1. The maximum Gasteiger partial charge on any atom is 0.256 e. The average Bonchev–Trinajstić information content (AvgIpc) is 2.67. The fourth-order valence-electron chi connectivity index (χ4n) is 3.09. The summed E-state index contributed by atoms with van der Waals surface area (Å²) in [6.07, 6.45) is -1.01. The fraction of sp³-hybridized carbons (Fsp3) is 0.500. The molecule has 1 aromatic rings. The Kier molecular flexibility index (Phi) is 3.05. The van der Waals surface area contributed by atoms with Crippen molar-refractivity contribution in [2.45, 2.75) is 43.7 Å². The van der Waals surface area contributed by atoms with E-state index in [9.17, 15) is 20.1 Å². The standard InChI is InChI=1S/C14H17NO4/c16-11-7-3-6-10(12(11)17)15-13(18)8-4-1-2-5-9(8)14(15)19/h1-2,4-5,10-13,16-18H,3,6-7H2. The molecule has 3 N–H and O–H groups in total. The second kappa shape index (κ2) is 4.59. The van der Waals surface area contributed by atoms with E-state index in [1.165, 1.54) is 4.90 Å². The third kappa shape index (κ3) is 1.85. The molecule has 1 amide bonds. The van der Waals surface area contributed by atoms with Gasteiger partial charge in [-0.05, 0) is 25.3 Å². The van der Waals surface area contributed by atoms with Crippen molar-refractivity contribution in [3.8, 4) is 0 Å². The summed E-state index contributed by atoms with van der Waals surface area (Å²) in [5.74, 6) is -0.277. The Morgan fingerprint density at radius 2 is 1.84 bits per heavy atom. The topological polar surface area (TPSA) is 81.0 Å². The zero-order valence-electron chi connectivity index (χ0n) is 10.4. The van der Waals surface area contributed by atoms with Gasteiger partial charge in [-0.25, -0.2) is 0 Å². The number of aliphatic hydroxyl groups excluding tert-OH is 3. The highest BCUT2D eigenvalue weighted by molar-refractivity contribution is 5.99. The van der Waals surface area contributed by atoms with Crippen LogP contribution in [0.25, 0.3) is 0 Å². The van der Waals surface area contributed by atoms with Crippen LogP contribution in [-0.2, 0) is 0 Å². The summed E-state index contributed by atoms with van der Waals surface area (Å²) in [7, 11) is 0. The summed E-state index contributed by atoms with van der Waals surface area (Å²) in [6.45, 7) is 0. The number of amides is 1. The predicted molar refractivity (Wildman–Crippen MR) is 67.2 cm³/mol. The van der Waals surface area contributed by atoms with E-state index in [-0.39, 0.29) is 5.91 Å². The molecular weight excluding hydrogens is 246 g/mol. The highest BCUT2D eigenvalue weighted by Gasteiger charge is 2.44. The van der Waals surface area contributed by atoms with Crippen LogP contribution in [0.15, 0.2) is 24.3 Å². The van der Waals surface area contributed by atoms with Gasteiger partial charge in [0.05, 0.1) is 12.1 Å². The van der Waals surface area contributed by atoms with Crippen molar-refractivity contribution >= 4 is 5.91 Å². The monoisotopic (exact) mass is 263 g/mol. The van der Waals surface area contributed by atoms with E-state index < -0.39 is 24.5 Å². The van der Waals surface area contributed by atoms with Crippen molar-refractivity contribution in [2.75, 3.05) is 0 Å². The second-order valence-corrected chi connectivity index (χ2v) is 5.23. The molecule has 0 bridgehead atoms. The SMILES string of the molecule is O=C1c2ccccc2C(O)N1C1CCCC(O)C1O. The molecule has 1 aliphatic carbocycles. The summed E-state index contributed by atoms with van der Waals surface area (Å²) >= 11 is 0. The molecule has 0 aromatic heterocycles. The quantitative estimate of drug-likeness (QED) is 0.685. The minimum absolute atomic E-state index is 0.277. The van der Waals surface area contributed by atoms with E-state index in [2.05, 4.69) is 0 Å². The van der Waals surface area contributed by atoms with Gasteiger partial charge in [0.15, 0.2) is 6.23 Å².